The van der Waals surface area contributed by atoms with Crippen molar-refractivity contribution in [3.8, 4) is 0 Å². The van der Waals surface area contributed by atoms with Gasteiger partial charge < -0.3 is 25.2 Å². The smallest absolute Gasteiger partial charge is 0.178 e. The normalized spacial score (nSPS) is 34.5. The number of aliphatic hydroxyl groups is 4. The van der Waals surface area contributed by atoms with Crippen LogP contribution in [-0.4, -0.2) is 62.2 Å². The Bertz CT molecular complexity index is 384. The minimum Gasteiger partial charge on any atom is -0.389 e. The van der Waals surface area contributed by atoms with Gasteiger partial charge in [0.2, 0.25) is 0 Å². The summed E-state index contributed by atoms with van der Waals surface area (Å²) in [7, 11) is 0. The second-order valence-corrected chi connectivity index (χ2v) is 5.42. The van der Waals surface area contributed by atoms with Crippen LogP contribution in [0.3, 0.4) is 0 Å². The van der Waals surface area contributed by atoms with Crippen molar-refractivity contribution in [2.45, 2.75) is 76.2 Å². The van der Waals surface area contributed by atoms with Crippen LogP contribution in [0.15, 0.2) is 0 Å². The molecular formula is C14H24O7. The molecule has 0 spiro atoms. The van der Waals surface area contributed by atoms with Crippen molar-refractivity contribution in [3.63, 3.8) is 0 Å². The fourth-order valence-electron chi connectivity index (χ4n) is 2.54. The monoisotopic (exact) mass is 304 g/mol. The summed E-state index contributed by atoms with van der Waals surface area (Å²) in [6.45, 7) is 3.46. The standard InChI is InChI=1S/C14H24O7/c1-3-5-8(15)12(19)13-14(20,9(16)6-4-2)10(17)7-11(18)21-13/h10-13,17-20H,3-7H2,1-2H3/t10-,11+,12?,13-,14+/m1/s1. The number of ether oxygens (including phenoxy) is 1. The van der Waals surface area contributed by atoms with E-state index in [1.165, 1.54) is 0 Å². The molecule has 0 saturated carbocycles. The third-order valence-corrected chi connectivity index (χ3v) is 3.71. The van der Waals surface area contributed by atoms with Gasteiger partial charge >= 0.3 is 0 Å². The fraction of sp³-hybridized carbons (Fsp3) is 0.857. The molecule has 0 aromatic carbocycles. The average molecular weight is 304 g/mol. The van der Waals surface area contributed by atoms with E-state index < -0.39 is 41.8 Å². The van der Waals surface area contributed by atoms with Crippen LogP contribution in [0, 0.1) is 0 Å². The van der Waals surface area contributed by atoms with Gasteiger partial charge in [-0.05, 0) is 12.8 Å². The Labute approximate surface area is 123 Å². The van der Waals surface area contributed by atoms with Crippen LogP contribution in [0.2, 0.25) is 0 Å². The molecule has 0 radical (unpaired) electrons. The van der Waals surface area contributed by atoms with Crippen LogP contribution in [0.1, 0.15) is 46.0 Å². The summed E-state index contributed by atoms with van der Waals surface area (Å²) in [6, 6.07) is 0. The summed E-state index contributed by atoms with van der Waals surface area (Å²) in [4.78, 5) is 23.9. The third kappa shape index (κ3) is 3.67. The quantitative estimate of drug-likeness (QED) is 0.489. The third-order valence-electron chi connectivity index (χ3n) is 3.71. The number of rotatable bonds is 7. The van der Waals surface area contributed by atoms with Crippen molar-refractivity contribution in [2.24, 2.45) is 0 Å². The fourth-order valence-corrected chi connectivity index (χ4v) is 2.54. The number of ketones is 2. The summed E-state index contributed by atoms with van der Waals surface area (Å²) in [6.07, 6.45) is -5.94. The number of carbonyl (C=O) groups is 2. The highest BCUT2D eigenvalue weighted by molar-refractivity contribution is 5.91. The van der Waals surface area contributed by atoms with Gasteiger partial charge in [-0.25, -0.2) is 0 Å². The van der Waals surface area contributed by atoms with Crippen molar-refractivity contribution >= 4 is 11.6 Å². The highest BCUT2D eigenvalue weighted by Gasteiger charge is 2.57. The van der Waals surface area contributed by atoms with Crippen molar-refractivity contribution in [3.05, 3.63) is 0 Å². The van der Waals surface area contributed by atoms with Crippen LogP contribution in [0.25, 0.3) is 0 Å². The van der Waals surface area contributed by atoms with Gasteiger partial charge in [-0.3, -0.25) is 9.59 Å². The Kier molecular flexibility index (Phi) is 6.42. The van der Waals surface area contributed by atoms with Gasteiger partial charge in [0.15, 0.2) is 23.5 Å². The Morgan fingerprint density at radius 2 is 1.81 bits per heavy atom. The number of carbonyl (C=O) groups excluding carboxylic acids is 2. The lowest BCUT2D eigenvalue weighted by atomic mass is 9.77. The van der Waals surface area contributed by atoms with E-state index in [0.29, 0.717) is 12.8 Å². The molecule has 122 valence electrons. The maximum Gasteiger partial charge on any atom is 0.178 e. The summed E-state index contributed by atoms with van der Waals surface area (Å²) in [5, 5.41) is 40.1. The first-order valence-electron chi connectivity index (χ1n) is 7.27. The lowest BCUT2D eigenvalue weighted by molar-refractivity contribution is -0.280. The Morgan fingerprint density at radius 1 is 1.24 bits per heavy atom. The van der Waals surface area contributed by atoms with Gasteiger partial charge in [0.25, 0.3) is 0 Å². The van der Waals surface area contributed by atoms with Gasteiger partial charge in [0, 0.05) is 19.3 Å². The average Bonchev–Trinajstić information content (AvgIpc) is 2.42. The van der Waals surface area contributed by atoms with E-state index in [-0.39, 0.29) is 19.3 Å². The zero-order chi connectivity index (χ0) is 16.2. The van der Waals surface area contributed by atoms with Gasteiger partial charge in [0.05, 0.1) is 6.10 Å². The molecule has 1 unspecified atom stereocenters. The summed E-state index contributed by atoms with van der Waals surface area (Å²) in [5.41, 5.74) is -2.39. The molecule has 0 aromatic heterocycles. The molecule has 4 N–H and O–H groups in total. The zero-order valence-electron chi connectivity index (χ0n) is 12.4. The van der Waals surface area contributed by atoms with E-state index in [0.717, 1.165) is 0 Å². The first-order chi connectivity index (χ1) is 9.78. The van der Waals surface area contributed by atoms with Crippen LogP contribution >= 0.6 is 0 Å². The molecular weight excluding hydrogens is 280 g/mol. The molecule has 21 heavy (non-hydrogen) atoms. The topological polar surface area (TPSA) is 124 Å². The lowest BCUT2D eigenvalue weighted by Gasteiger charge is -2.45. The van der Waals surface area contributed by atoms with E-state index in [1.54, 1.807) is 13.8 Å². The first kappa shape index (κ1) is 18.2. The number of hydrogen-bond acceptors (Lipinski definition) is 7. The molecule has 0 bridgehead atoms. The van der Waals surface area contributed by atoms with Crippen LogP contribution < -0.4 is 0 Å². The molecule has 1 aliphatic heterocycles. The minimum atomic E-state index is -2.39. The Morgan fingerprint density at radius 3 is 2.33 bits per heavy atom. The molecule has 1 aliphatic rings. The second-order valence-electron chi connectivity index (χ2n) is 5.42. The van der Waals surface area contributed by atoms with Crippen molar-refractivity contribution < 1.29 is 34.8 Å². The van der Waals surface area contributed by atoms with E-state index in [1.807, 2.05) is 0 Å². The number of Topliss-reactive ketones (excluding diaryl/α,β-unsaturated/α-hetero) is 2. The van der Waals surface area contributed by atoms with Crippen LogP contribution in [-0.2, 0) is 14.3 Å². The first-order valence-corrected chi connectivity index (χ1v) is 7.27. The van der Waals surface area contributed by atoms with E-state index in [9.17, 15) is 30.0 Å². The van der Waals surface area contributed by atoms with E-state index >= 15 is 0 Å². The minimum absolute atomic E-state index is 0.0296. The SMILES string of the molecule is CCCC(=O)C(O)[C@H]1O[C@H](O)C[C@@H](O)[C@@]1(O)C(=O)CCC. The van der Waals surface area contributed by atoms with Crippen molar-refractivity contribution in [1.82, 2.24) is 0 Å². The summed E-state index contributed by atoms with van der Waals surface area (Å²) >= 11 is 0. The lowest BCUT2D eigenvalue weighted by Crippen LogP contribution is -2.68. The molecule has 7 nitrogen and oxygen atoms in total. The molecule has 0 aliphatic carbocycles. The number of hydrogen-bond donors (Lipinski definition) is 4. The van der Waals surface area contributed by atoms with Crippen molar-refractivity contribution in [2.75, 3.05) is 0 Å². The molecule has 1 heterocycles. The van der Waals surface area contributed by atoms with Gasteiger partial charge in [-0.1, -0.05) is 13.8 Å². The summed E-state index contributed by atoms with van der Waals surface area (Å²) < 4.78 is 5.02. The molecule has 1 saturated heterocycles. The second kappa shape index (κ2) is 7.42. The van der Waals surface area contributed by atoms with Crippen LogP contribution in [0.4, 0.5) is 0 Å². The highest BCUT2D eigenvalue weighted by Crippen LogP contribution is 2.33. The maximum absolute atomic E-state index is 12.1. The number of aliphatic hydroxyl groups excluding tert-OH is 3. The van der Waals surface area contributed by atoms with Gasteiger partial charge in [0.1, 0.15) is 12.2 Å². The van der Waals surface area contributed by atoms with E-state index in [4.69, 9.17) is 4.74 Å². The maximum atomic E-state index is 12.1. The predicted molar refractivity (Wildman–Crippen MR) is 72.3 cm³/mol. The van der Waals surface area contributed by atoms with Gasteiger partial charge in [-0.2, -0.15) is 0 Å². The summed E-state index contributed by atoms with van der Waals surface area (Å²) in [5.74, 6) is -1.32. The van der Waals surface area contributed by atoms with Crippen molar-refractivity contribution in [1.29, 1.82) is 0 Å². The van der Waals surface area contributed by atoms with Gasteiger partial charge in [-0.15, -0.1) is 0 Å². The largest absolute Gasteiger partial charge is 0.389 e. The van der Waals surface area contributed by atoms with Crippen LogP contribution in [0.5, 0.6) is 0 Å². The molecule has 1 rings (SSSR count). The Balaban J connectivity index is 3.08. The molecule has 7 heteroatoms. The highest BCUT2D eigenvalue weighted by atomic mass is 16.6. The Hall–Kier alpha value is -0.860. The zero-order valence-corrected chi connectivity index (χ0v) is 12.4. The molecule has 1 fully saturated rings. The molecule has 5 atom stereocenters. The predicted octanol–water partition coefficient (Wildman–Crippen LogP) is -0.715. The molecule has 0 amide bonds. The van der Waals surface area contributed by atoms with E-state index in [2.05, 4.69) is 0 Å². The molecule has 0 aromatic rings.